The van der Waals surface area contributed by atoms with E-state index >= 15 is 0 Å². The number of aliphatic carboxylic acids is 1. The Labute approximate surface area is 152 Å². The Balaban J connectivity index is 2.43. The van der Waals surface area contributed by atoms with Gasteiger partial charge in [0.1, 0.15) is 5.75 Å². The van der Waals surface area contributed by atoms with E-state index in [1.165, 1.54) is 27.4 Å². The summed E-state index contributed by atoms with van der Waals surface area (Å²) in [7, 11) is 4.47. The minimum Gasteiger partial charge on any atom is -0.493 e. The average Bonchev–Trinajstić information content (AvgIpc) is 2.67. The van der Waals surface area contributed by atoms with Crippen LogP contribution in [0.25, 0.3) is 6.08 Å². The van der Waals surface area contributed by atoms with E-state index < -0.39 is 5.97 Å². The lowest BCUT2D eigenvalue weighted by Crippen LogP contribution is -2.08. The molecule has 1 N–H and O–H groups in total. The van der Waals surface area contributed by atoms with Gasteiger partial charge in [-0.15, -0.1) is 0 Å². The summed E-state index contributed by atoms with van der Waals surface area (Å²) in [6, 6.07) is 10.6. The molecule has 0 aromatic heterocycles. The Bertz CT molecular complexity index is 793. The number of aryl methyl sites for hydroxylation is 1. The van der Waals surface area contributed by atoms with Gasteiger partial charge in [0.2, 0.25) is 11.5 Å². The molecule has 0 atom stereocenters. The Morgan fingerprint density at radius 3 is 2.12 bits per heavy atom. The van der Waals surface area contributed by atoms with E-state index in [2.05, 4.69) is 0 Å². The molecule has 26 heavy (non-hydrogen) atoms. The fourth-order valence-corrected chi connectivity index (χ4v) is 2.43. The first-order chi connectivity index (χ1) is 12.5. The molecule has 0 aliphatic rings. The molecule has 0 aliphatic heterocycles. The predicted octanol–water partition coefficient (Wildman–Crippen LogP) is 3.78. The summed E-state index contributed by atoms with van der Waals surface area (Å²) >= 11 is 0. The molecule has 0 aliphatic carbocycles. The first kappa shape index (κ1) is 19.2. The Hall–Kier alpha value is -3.15. The fourth-order valence-electron chi connectivity index (χ4n) is 2.43. The van der Waals surface area contributed by atoms with Crippen molar-refractivity contribution in [2.45, 2.75) is 13.3 Å². The lowest BCUT2D eigenvalue weighted by Gasteiger charge is -2.14. The standard InChI is InChI=1S/C20H22O6/c1-5-13-6-9-15(10-7-13)26-17(20(21)22)12-14-8-11-16(23-2)19(25-4)18(14)24-3/h6-12H,5H2,1-4H3,(H,21,22). The largest absolute Gasteiger partial charge is 0.493 e. The number of carbonyl (C=O) groups is 1. The second-order valence-electron chi connectivity index (χ2n) is 5.34. The molecule has 2 aromatic carbocycles. The molecular weight excluding hydrogens is 336 g/mol. The van der Waals surface area contributed by atoms with E-state index in [0.717, 1.165) is 12.0 Å². The third-order valence-corrected chi connectivity index (χ3v) is 3.79. The number of hydrogen-bond donors (Lipinski definition) is 1. The van der Waals surface area contributed by atoms with Crippen molar-refractivity contribution < 1.29 is 28.8 Å². The molecule has 0 fully saturated rings. The molecule has 0 radical (unpaired) electrons. The molecule has 0 heterocycles. The number of rotatable bonds is 8. The molecule has 0 amide bonds. The van der Waals surface area contributed by atoms with Crippen molar-refractivity contribution in [1.82, 2.24) is 0 Å². The highest BCUT2D eigenvalue weighted by molar-refractivity contribution is 5.91. The predicted molar refractivity (Wildman–Crippen MR) is 98.2 cm³/mol. The zero-order valence-corrected chi connectivity index (χ0v) is 15.2. The van der Waals surface area contributed by atoms with Crippen LogP contribution >= 0.6 is 0 Å². The van der Waals surface area contributed by atoms with Crippen LogP contribution in [0.2, 0.25) is 0 Å². The van der Waals surface area contributed by atoms with E-state index in [9.17, 15) is 9.90 Å². The van der Waals surface area contributed by atoms with Gasteiger partial charge >= 0.3 is 5.97 Å². The van der Waals surface area contributed by atoms with Gasteiger partial charge in [0.25, 0.3) is 0 Å². The second kappa shape index (κ2) is 8.80. The van der Waals surface area contributed by atoms with E-state index in [-0.39, 0.29) is 5.76 Å². The Morgan fingerprint density at radius 1 is 0.962 bits per heavy atom. The number of benzene rings is 2. The third-order valence-electron chi connectivity index (χ3n) is 3.79. The average molecular weight is 358 g/mol. The monoisotopic (exact) mass is 358 g/mol. The maximum absolute atomic E-state index is 11.6. The fraction of sp³-hybridized carbons (Fsp3) is 0.250. The molecule has 6 heteroatoms. The highest BCUT2D eigenvalue weighted by Crippen LogP contribution is 2.40. The summed E-state index contributed by atoms with van der Waals surface area (Å²) in [6.07, 6.45) is 2.28. The van der Waals surface area contributed by atoms with Gasteiger partial charge in [-0.05, 0) is 42.3 Å². The number of ether oxygens (including phenoxy) is 4. The first-order valence-corrected chi connectivity index (χ1v) is 8.04. The summed E-state index contributed by atoms with van der Waals surface area (Å²) in [5.41, 5.74) is 1.63. The van der Waals surface area contributed by atoms with Crippen LogP contribution in [0.5, 0.6) is 23.0 Å². The molecule has 0 spiro atoms. The van der Waals surface area contributed by atoms with Gasteiger partial charge in [0.15, 0.2) is 11.5 Å². The van der Waals surface area contributed by atoms with Crippen LogP contribution in [0.1, 0.15) is 18.1 Å². The molecule has 2 rings (SSSR count). The summed E-state index contributed by atoms with van der Waals surface area (Å²) < 4.78 is 21.5. The topological polar surface area (TPSA) is 74.2 Å². The van der Waals surface area contributed by atoms with Gasteiger partial charge in [-0.2, -0.15) is 0 Å². The van der Waals surface area contributed by atoms with Crippen LogP contribution in [0, 0.1) is 0 Å². The van der Waals surface area contributed by atoms with Crippen molar-refractivity contribution in [3.63, 3.8) is 0 Å². The van der Waals surface area contributed by atoms with Crippen molar-refractivity contribution in [3.05, 3.63) is 53.3 Å². The van der Waals surface area contributed by atoms with Gasteiger partial charge in [-0.25, -0.2) is 4.79 Å². The van der Waals surface area contributed by atoms with Gasteiger partial charge in [0, 0.05) is 5.56 Å². The van der Waals surface area contributed by atoms with Crippen LogP contribution in [0.4, 0.5) is 0 Å². The number of methoxy groups -OCH3 is 3. The maximum atomic E-state index is 11.6. The molecule has 2 aromatic rings. The third kappa shape index (κ3) is 4.27. The quantitative estimate of drug-likeness (QED) is 0.572. The number of carboxylic acid groups (broad SMARTS) is 1. The van der Waals surface area contributed by atoms with Crippen molar-refractivity contribution in [2.24, 2.45) is 0 Å². The SMILES string of the molecule is CCc1ccc(OC(=Cc2ccc(OC)c(OC)c2OC)C(=O)O)cc1. The minimum absolute atomic E-state index is 0.236. The summed E-state index contributed by atoms with van der Waals surface area (Å²) in [5.74, 6) is 0.224. The van der Waals surface area contributed by atoms with Crippen LogP contribution in [-0.2, 0) is 11.2 Å². The second-order valence-corrected chi connectivity index (χ2v) is 5.34. The zero-order chi connectivity index (χ0) is 19.1. The van der Waals surface area contributed by atoms with Crippen LogP contribution < -0.4 is 18.9 Å². The molecule has 0 saturated carbocycles. The molecule has 138 valence electrons. The van der Waals surface area contributed by atoms with E-state index in [4.69, 9.17) is 18.9 Å². The minimum atomic E-state index is -1.19. The van der Waals surface area contributed by atoms with Gasteiger partial charge < -0.3 is 24.1 Å². The number of hydrogen-bond acceptors (Lipinski definition) is 5. The van der Waals surface area contributed by atoms with Crippen LogP contribution in [0.15, 0.2) is 42.2 Å². The zero-order valence-electron chi connectivity index (χ0n) is 15.2. The summed E-state index contributed by atoms with van der Waals surface area (Å²) in [4.78, 5) is 11.6. The lowest BCUT2D eigenvalue weighted by molar-refractivity contribution is -0.134. The van der Waals surface area contributed by atoms with Crippen LogP contribution in [0.3, 0.4) is 0 Å². The smallest absolute Gasteiger partial charge is 0.371 e. The van der Waals surface area contributed by atoms with Crippen LogP contribution in [-0.4, -0.2) is 32.4 Å². The molecular formula is C20H22O6. The first-order valence-electron chi connectivity index (χ1n) is 8.04. The van der Waals surface area contributed by atoms with Gasteiger partial charge in [0.05, 0.1) is 21.3 Å². The van der Waals surface area contributed by atoms with Gasteiger partial charge in [-0.1, -0.05) is 19.1 Å². The maximum Gasteiger partial charge on any atom is 0.371 e. The van der Waals surface area contributed by atoms with E-state index in [1.807, 2.05) is 19.1 Å². The molecule has 0 bridgehead atoms. The highest BCUT2D eigenvalue weighted by Gasteiger charge is 2.18. The van der Waals surface area contributed by atoms with Gasteiger partial charge in [-0.3, -0.25) is 0 Å². The van der Waals surface area contributed by atoms with Crippen molar-refractivity contribution in [1.29, 1.82) is 0 Å². The summed E-state index contributed by atoms with van der Waals surface area (Å²) in [5, 5.41) is 9.50. The van der Waals surface area contributed by atoms with E-state index in [0.29, 0.717) is 28.6 Å². The Morgan fingerprint density at radius 2 is 1.62 bits per heavy atom. The lowest BCUT2D eigenvalue weighted by atomic mass is 10.1. The van der Waals surface area contributed by atoms with Crippen molar-refractivity contribution in [2.75, 3.05) is 21.3 Å². The molecule has 0 saturated heterocycles. The van der Waals surface area contributed by atoms with Crippen molar-refractivity contribution >= 4 is 12.0 Å². The normalized spacial score (nSPS) is 11.0. The highest BCUT2D eigenvalue weighted by atomic mass is 16.5. The van der Waals surface area contributed by atoms with E-state index in [1.54, 1.807) is 24.3 Å². The number of carboxylic acids is 1. The molecule has 6 nitrogen and oxygen atoms in total. The van der Waals surface area contributed by atoms with Crippen molar-refractivity contribution in [3.8, 4) is 23.0 Å². The molecule has 0 unspecified atom stereocenters. The Kier molecular flexibility index (Phi) is 6.49. The summed E-state index contributed by atoms with van der Waals surface area (Å²) in [6.45, 7) is 2.04.